The molecule has 78 valence electrons. The quantitative estimate of drug-likeness (QED) is 0.715. The molecule has 0 aliphatic heterocycles. The molecule has 0 spiro atoms. The molecule has 0 fully saturated rings. The zero-order valence-electron chi connectivity index (χ0n) is 7.90. The van der Waals surface area contributed by atoms with Crippen LogP contribution in [0, 0.1) is 0 Å². The Hall–Kier alpha value is -0.980. The van der Waals surface area contributed by atoms with Crippen molar-refractivity contribution in [3.63, 3.8) is 0 Å². The Kier molecular flexibility index (Phi) is 3.56. The van der Waals surface area contributed by atoms with Gasteiger partial charge in [0.25, 0.3) is 0 Å². The van der Waals surface area contributed by atoms with Crippen molar-refractivity contribution in [3.05, 3.63) is 29.6 Å². The summed E-state index contributed by atoms with van der Waals surface area (Å²) in [6.45, 7) is 0.542. The first kappa shape index (κ1) is 11.1. The van der Waals surface area contributed by atoms with Crippen LogP contribution in [0.3, 0.4) is 0 Å². The van der Waals surface area contributed by atoms with Crippen LogP contribution in [0.5, 0.6) is 0 Å². The molecule has 0 amide bonds. The van der Waals surface area contributed by atoms with Gasteiger partial charge in [0.2, 0.25) is 10.0 Å². The average Bonchev–Trinajstić information content (AvgIpc) is 2.14. The minimum atomic E-state index is -3.18. The number of sulfonamides is 1. The second-order valence-corrected chi connectivity index (χ2v) is 4.74. The van der Waals surface area contributed by atoms with Gasteiger partial charge in [-0.15, -0.1) is 0 Å². The first-order valence-electron chi connectivity index (χ1n) is 4.10. The lowest BCUT2D eigenvalue weighted by atomic mass is 10.2. The van der Waals surface area contributed by atoms with Crippen LogP contribution in [-0.2, 0) is 23.1 Å². The van der Waals surface area contributed by atoms with Crippen LogP contribution in [-0.4, -0.2) is 19.7 Å². The van der Waals surface area contributed by atoms with Crippen molar-refractivity contribution in [3.8, 4) is 0 Å². The molecule has 0 aliphatic carbocycles. The van der Waals surface area contributed by atoms with Gasteiger partial charge in [-0.2, -0.15) is 0 Å². The lowest BCUT2D eigenvalue weighted by Crippen LogP contribution is -2.23. The van der Waals surface area contributed by atoms with E-state index in [2.05, 4.69) is 9.71 Å². The molecule has 0 saturated carbocycles. The maximum absolute atomic E-state index is 10.8. The van der Waals surface area contributed by atoms with E-state index in [0.717, 1.165) is 11.8 Å². The average molecular weight is 215 g/mol. The second kappa shape index (κ2) is 4.50. The molecule has 0 aromatic carbocycles. The molecule has 1 rings (SSSR count). The fraction of sp³-hybridized carbons (Fsp3) is 0.375. The van der Waals surface area contributed by atoms with Crippen molar-refractivity contribution in [1.82, 2.24) is 9.71 Å². The third-order valence-corrected chi connectivity index (χ3v) is 2.37. The lowest BCUT2D eigenvalue weighted by Gasteiger charge is -2.06. The highest BCUT2D eigenvalue weighted by molar-refractivity contribution is 7.88. The largest absolute Gasteiger partial charge is 0.326 e. The van der Waals surface area contributed by atoms with Crippen molar-refractivity contribution in [2.45, 2.75) is 13.1 Å². The maximum atomic E-state index is 10.8. The molecule has 1 heterocycles. The van der Waals surface area contributed by atoms with Gasteiger partial charge in [0.15, 0.2) is 0 Å². The molecule has 5 nitrogen and oxygen atoms in total. The standard InChI is InChI=1S/C8H13N3O2S/c1-14(12,13)11-6-8-7(5-9)3-2-4-10-8/h2-4,11H,5-6,9H2,1H3. The van der Waals surface area contributed by atoms with Gasteiger partial charge in [-0.3, -0.25) is 4.98 Å². The molecular weight excluding hydrogens is 202 g/mol. The molecule has 1 aromatic heterocycles. The van der Waals surface area contributed by atoms with Crippen LogP contribution in [0.25, 0.3) is 0 Å². The van der Waals surface area contributed by atoms with E-state index in [1.54, 1.807) is 12.3 Å². The minimum Gasteiger partial charge on any atom is -0.326 e. The number of nitrogens with one attached hydrogen (secondary N) is 1. The van der Waals surface area contributed by atoms with Crippen LogP contribution in [0.2, 0.25) is 0 Å². The van der Waals surface area contributed by atoms with Crippen LogP contribution in [0.4, 0.5) is 0 Å². The molecule has 0 aliphatic rings. The van der Waals surface area contributed by atoms with Gasteiger partial charge >= 0.3 is 0 Å². The summed E-state index contributed by atoms with van der Waals surface area (Å²) in [5.74, 6) is 0. The smallest absolute Gasteiger partial charge is 0.209 e. The number of aromatic nitrogens is 1. The summed E-state index contributed by atoms with van der Waals surface area (Å²) < 4.78 is 24.0. The van der Waals surface area contributed by atoms with Gasteiger partial charge in [-0.25, -0.2) is 13.1 Å². The second-order valence-electron chi connectivity index (χ2n) is 2.91. The normalized spacial score (nSPS) is 11.6. The number of nitrogens with zero attached hydrogens (tertiary/aromatic N) is 1. The van der Waals surface area contributed by atoms with Crippen molar-refractivity contribution >= 4 is 10.0 Å². The topological polar surface area (TPSA) is 85.1 Å². The monoisotopic (exact) mass is 215 g/mol. The molecular formula is C8H13N3O2S. The zero-order chi connectivity index (χ0) is 10.6. The predicted molar refractivity (Wildman–Crippen MR) is 53.8 cm³/mol. The van der Waals surface area contributed by atoms with Gasteiger partial charge in [-0.05, 0) is 11.6 Å². The Balaban J connectivity index is 2.76. The van der Waals surface area contributed by atoms with E-state index in [4.69, 9.17) is 5.73 Å². The summed E-state index contributed by atoms with van der Waals surface area (Å²) in [6, 6.07) is 3.60. The number of rotatable bonds is 4. The Bertz CT molecular complexity index is 403. The maximum Gasteiger partial charge on any atom is 0.209 e. The molecule has 0 bridgehead atoms. The third kappa shape index (κ3) is 3.41. The Morgan fingerprint density at radius 2 is 2.29 bits per heavy atom. The summed E-state index contributed by atoms with van der Waals surface area (Å²) in [5, 5.41) is 0. The first-order chi connectivity index (χ1) is 6.53. The van der Waals surface area contributed by atoms with E-state index >= 15 is 0 Å². The molecule has 3 N–H and O–H groups in total. The van der Waals surface area contributed by atoms with Crippen molar-refractivity contribution in [2.24, 2.45) is 5.73 Å². The summed E-state index contributed by atoms with van der Waals surface area (Å²) >= 11 is 0. The fourth-order valence-corrected chi connectivity index (χ4v) is 1.41. The number of nitrogens with two attached hydrogens (primary N) is 1. The summed E-state index contributed by atoms with van der Waals surface area (Å²) in [6.07, 6.45) is 2.72. The lowest BCUT2D eigenvalue weighted by molar-refractivity contribution is 0.586. The van der Waals surface area contributed by atoms with E-state index in [-0.39, 0.29) is 6.54 Å². The van der Waals surface area contributed by atoms with Crippen molar-refractivity contribution < 1.29 is 8.42 Å². The van der Waals surface area contributed by atoms with Gasteiger partial charge in [0, 0.05) is 12.7 Å². The van der Waals surface area contributed by atoms with Crippen molar-refractivity contribution in [1.29, 1.82) is 0 Å². The molecule has 0 unspecified atom stereocenters. The van der Waals surface area contributed by atoms with E-state index in [1.807, 2.05) is 6.07 Å². The number of pyridine rings is 1. The molecule has 6 heteroatoms. The zero-order valence-corrected chi connectivity index (χ0v) is 8.71. The van der Waals surface area contributed by atoms with Crippen LogP contribution in [0.1, 0.15) is 11.3 Å². The van der Waals surface area contributed by atoms with E-state index in [0.29, 0.717) is 12.2 Å². The minimum absolute atomic E-state index is 0.187. The number of hydrogen-bond acceptors (Lipinski definition) is 4. The first-order valence-corrected chi connectivity index (χ1v) is 5.99. The fourth-order valence-electron chi connectivity index (χ4n) is 1.02. The Morgan fingerprint density at radius 1 is 1.57 bits per heavy atom. The van der Waals surface area contributed by atoms with Crippen LogP contribution in [0.15, 0.2) is 18.3 Å². The predicted octanol–water partition coefficient (Wildman–Crippen LogP) is -0.410. The SMILES string of the molecule is CS(=O)(=O)NCc1ncccc1CN. The van der Waals surface area contributed by atoms with Crippen LogP contribution < -0.4 is 10.5 Å². The van der Waals surface area contributed by atoms with Gasteiger partial charge in [0.05, 0.1) is 18.5 Å². The third-order valence-electron chi connectivity index (χ3n) is 1.71. The van der Waals surface area contributed by atoms with E-state index < -0.39 is 10.0 Å². The highest BCUT2D eigenvalue weighted by Crippen LogP contribution is 2.03. The highest BCUT2D eigenvalue weighted by Gasteiger charge is 2.04. The summed E-state index contributed by atoms with van der Waals surface area (Å²) in [5.41, 5.74) is 6.99. The van der Waals surface area contributed by atoms with Crippen LogP contribution >= 0.6 is 0 Å². The Morgan fingerprint density at radius 3 is 2.86 bits per heavy atom. The van der Waals surface area contributed by atoms with Gasteiger partial charge < -0.3 is 5.73 Å². The number of hydrogen-bond donors (Lipinski definition) is 2. The molecule has 1 aromatic rings. The van der Waals surface area contributed by atoms with E-state index in [9.17, 15) is 8.42 Å². The van der Waals surface area contributed by atoms with Gasteiger partial charge in [-0.1, -0.05) is 6.07 Å². The highest BCUT2D eigenvalue weighted by atomic mass is 32.2. The summed E-state index contributed by atoms with van der Waals surface area (Å²) in [7, 11) is -3.18. The molecule has 0 atom stereocenters. The Labute approximate surface area is 83.4 Å². The van der Waals surface area contributed by atoms with Gasteiger partial charge in [0.1, 0.15) is 0 Å². The van der Waals surface area contributed by atoms with E-state index in [1.165, 1.54) is 0 Å². The molecule has 0 radical (unpaired) electrons. The summed E-state index contributed by atoms with van der Waals surface area (Å²) in [4.78, 5) is 4.05. The van der Waals surface area contributed by atoms with Crippen molar-refractivity contribution in [2.75, 3.05) is 6.26 Å². The molecule has 0 saturated heterocycles. The molecule has 14 heavy (non-hydrogen) atoms.